The van der Waals surface area contributed by atoms with Crippen molar-refractivity contribution in [2.45, 2.75) is 70.6 Å². The van der Waals surface area contributed by atoms with Crippen LogP contribution in [-0.4, -0.2) is 33.6 Å². The number of ether oxygens (including phenoxy) is 2. The highest BCUT2D eigenvalue weighted by Gasteiger charge is 2.32. The Balaban J connectivity index is 2.48. The summed E-state index contributed by atoms with van der Waals surface area (Å²) in [5, 5.41) is 12.0. The minimum Gasteiger partial charge on any atom is -0.493 e. The molecule has 2 rings (SSSR count). The topological polar surface area (TPSA) is 99.0 Å². The Morgan fingerprint density at radius 2 is 1.64 bits per heavy atom. The van der Waals surface area contributed by atoms with Gasteiger partial charge in [-0.2, -0.15) is 0 Å². The van der Waals surface area contributed by atoms with Crippen molar-refractivity contribution in [2.75, 3.05) is 24.6 Å². The summed E-state index contributed by atoms with van der Waals surface area (Å²) in [5.74, 6) is 0.462. The molecule has 0 aliphatic rings. The number of hydrogen-bond acceptors (Lipinski definition) is 6. The molecule has 198 valence electrons. The summed E-state index contributed by atoms with van der Waals surface area (Å²) in [6.45, 7) is 6.30. The maximum atomic E-state index is 13.7. The van der Waals surface area contributed by atoms with Crippen LogP contribution in [0, 0.1) is 17.0 Å². The summed E-state index contributed by atoms with van der Waals surface area (Å²) in [5.41, 5.74) is 0.464. The molecule has 2 aromatic carbocycles. The second-order valence-corrected chi connectivity index (χ2v) is 10.5. The van der Waals surface area contributed by atoms with E-state index in [1.165, 1.54) is 50.6 Å². The second kappa shape index (κ2) is 14.5. The number of allylic oxidation sites excluding steroid dienone is 1. The fourth-order valence-corrected chi connectivity index (χ4v) is 5.14. The molecule has 2 aromatic rings. The molecule has 9 heteroatoms. The van der Waals surface area contributed by atoms with Gasteiger partial charge in [0, 0.05) is 6.07 Å². The number of methoxy groups -OCH3 is 1. The fourth-order valence-electron chi connectivity index (χ4n) is 3.72. The Labute approximate surface area is 215 Å². The van der Waals surface area contributed by atoms with Crippen LogP contribution in [0.1, 0.15) is 64.4 Å². The van der Waals surface area contributed by atoms with Crippen molar-refractivity contribution in [3.8, 4) is 11.5 Å². The van der Waals surface area contributed by atoms with E-state index >= 15 is 0 Å². The summed E-state index contributed by atoms with van der Waals surface area (Å²) in [4.78, 5) is 11.5. The zero-order valence-electron chi connectivity index (χ0n) is 21.7. The molecule has 0 aliphatic heterocycles. The normalized spacial score (nSPS) is 11.6. The van der Waals surface area contributed by atoms with E-state index in [2.05, 4.69) is 6.92 Å². The predicted octanol–water partition coefficient (Wildman–Crippen LogP) is 6.81. The first-order chi connectivity index (χ1) is 17.3. The van der Waals surface area contributed by atoms with Crippen LogP contribution in [0.5, 0.6) is 11.5 Å². The molecule has 0 aromatic heterocycles. The lowest BCUT2D eigenvalue weighted by atomic mass is 10.1. The lowest BCUT2D eigenvalue weighted by Crippen LogP contribution is -2.32. The Kier molecular flexibility index (Phi) is 11.7. The van der Waals surface area contributed by atoms with E-state index in [0.29, 0.717) is 13.0 Å². The van der Waals surface area contributed by atoms with Gasteiger partial charge >= 0.3 is 0 Å². The monoisotopic (exact) mass is 518 g/mol. The molecular formula is C27H38N2O6S. The number of unbranched alkanes of at least 4 members (excludes halogenated alkanes) is 5. The molecule has 0 saturated heterocycles. The summed E-state index contributed by atoms with van der Waals surface area (Å²) < 4.78 is 39.7. The van der Waals surface area contributed by atoms with Gasteiger partial charge in [-0.3, -0.25) is 14.4 Å². The first-order valence-electron chi connectivity index (χ1n) is 12.5. The van der Waals surface area contributed by atoms with Crippen LogP contribution in [0.15, 0.2) is 53.4 Å². The smallest absolute Gasteiger partial charge is 0.297 e. The SMILES string of the molecule is CCC=CCN(c1cc(OCCCCCCCC)c(OC)cc1[N+](=O)[O-])S(=O)(=O)c1ccc(C)cc1. The fraction of sp³-hybridized carbons (Fsp3) is 0.481. The summed E-state index contributed by atoms with van der Waals surface area (Å²) in [7, 11) is -2.70. The molecule has 0 unspecified atom stereocenters. The second-order valence-electron chi connectivity index (χ2n) is 8.59. The van der Waals surface area contributed by atoms with Crippen molar-refractivity contribution in [1.29, 1.82) is 0 Å². The summed E-state index contributed by atoms with van der Waals surface area (Å²) in [6.07, 6.45) is 10.7. The van der Waals surface area contributed by atoms with Gasteiger partial charge in [0.2, 0.25) is 0 Å². The van der Waals surface area contributed by atoms with Crippen molar-refractivity contribution in [3.05, 3.63) is 64.2 Å². The molecule has 0 amide bonds. The number of anilines is 1. The van der Waals surface area contributed by atoms with Gasteiger partial charge in [-0.1, -0.05) is 75.8 Å². The first kappa shape index (κ1) is 29.2. The van der Waals surface area contributed by atoms with E-state index in [9.17, 15) is 18.5 Å². The number of rotatable bonds is 16. The van der Waals surface area contributed by atoms with Gasteiger partial charge in [0.05, 0.1) is 36.1 Å². The van der Waals surface area contributed by atoms with E-state index in [1.807, 2.05) is 19.9 Å². The van der Waals surface area contributed by atoms with Gasteiger partial charge in [0.1, 0.15) is 5.69 Å². The van der Waals surface area contributed by atoms with Crippen LogP contribution in [0.2, 0.25) is 0 Å². The Morgan fingerprint density at radius 3 is 2.25 bits per heavy atom. The van der Waals surface area contributed by atoms with E-state index < -0.39 is 14.9 Å². The van der Waals surface area contributed by atoms with Gasteiger partial charge in [0.15, 0.2) is 11.5 Å². The highest BCUT2D eigenvalue weighted by Crippen LogP contribution is 2.41. The molecule has 0 fully saturated rings. The zero-order valence-corrected chi connectivity index (χ0v) is 22.6. The quantitative estimate of drug-likeness (QED) is 0.105. The van der Waals surface area contributed by atoms with Gasteiger partial charge < -0.3 is 9.47 Å². The molecule has 0 spiro atoms. The van der Waals surface area contributed by atoms with E-state index in [-0.39, 0.29) is 34.3 Å². The molecule has 36 heavy (non-hydrogen) atoms. The van der Waals surface area contributed by atoms with Crippen molar-refractivity contribution >= 4 is 21.4 Å². The van der Waals surface area contributed by atoms with Crippen LogP contribution in [-0.2, 0) is 10.0 Å². The summed E-state index contributed by atoms with van der Waals surface area (Å²) in [6, 6.07) is 9.04. The van der Waals surface area contributed by atoms with Gasteiger partial charge in [-0.05, 0) is 31.9 Å². The highest BCUT2D eigenvalue weighted by molar-refractivity contribution is 7.92. The minimum absolute atomic E-state index is 0.0534. The van der Waals surface area contributed by atoms with Crippen molar-refractivity contribution in [2.24, 2.45) is 0 Å². The highest BCUT2D eigenvalue weighted by atomic mass is 32.2. The lowest BCUT2D eigenvalue weighted by molar-refractivity contribution is -0.384. The zero-order chi connectivity index (χ0) is 26.6. The number of aryl methyl sites for hydroxylation is 1. The maximum Gasteiger partial charge on any atom is 0.297 e. The van der Waals surface area contributed by atoms with Crippen LogP contribution >= 0.6 is 0 Å². The number of nitro benzene ring substituents is 1. The van der Waals surface area contributed by atoms with Crippen LogP contribution in [0.3, 0.4) is 0 Å². The number of nitro groups is 1. The third kappa shape index (κ3) is 7.98. The van der Waals surface area contributed by atoms with Crippen molar-refractivity contribution in [3.63, 3.8) is 0 Å². The van der Waals surface area contributed by atoms with Gasteiger partial charge in [0.25, 0.3) is 15.7 Å². The number of sulfonamides is 1. The molecule has 0 atom stereocenters. The van der Waals surface area contributed by atoms with Gasteiger partial charge in [-0.25, -0.2) is 8.42 Å². The molecular weight excluding hydrogens is 480 g/mol. The standard InChI is InChI=1S/C27H38N2O6S/c1-5-7-9-10-11-13-19-35-27-20-24(25(29(30)31)21-26(27)34-4)28(18-12-8-6-2)36(32,33)23-16-14-22(3)15-17-23/h8,12,14-17,20-21H,5-7,9-11,13,18-19H2,1-4H3. The van der Waals surface area contributed by atoms with Crippen LogP contribution in [0.25, 0.3) is 0 Å². The Bertz CT molecular complexity index is 1110. The average molecular weight is 519 g/mol. The number of hydrogen-bond donors (Lipinski definition) is 0. The lowest BCUT2D eigenvalue weighted by Gasteiger charge is -2.24. The molecule has 0 bridgehead atoms. The average Bonchev–Trinajstić information content (AvgIpc) is 2.85. The molecule has 0 heterocycles. The molecule has 0 N–H and O–H groups in total. The van der Waals surface area contributed by atoms with Crippen LogP contribution < -0.4 is 13.8 Å². The predicted molar refractivity (Wildman–Crippen MR) is 144 cm³/mol. The molecule has 8 nitrogen and oxygen atoms in total. The summed E-state index contributed by atoms with van der Waals surface area (Å²) >= 11 is 0. The van der Waals surface area contributed by atoms with Crippen molar-refractivity contribution < 1.29 is 22.8 Å². The van der Waals surface area contributed by atoms with Gasteiger partial charge in [-0.15, -0.1) is 0 Å². The molecule has 0 radical (unpaired) electrons. The van der Waals surface area contributed by atoms with Crippen LogP contribution in [0.4, 0.5) is 11.4 Å². The van der Waals surface area contributed by atoms with E-state index in [1.54, 1.807) is 18.2 Å². The van der Waals surface area contributed by atoms with Crippen molar-refractivity contribution in [1.82, 2.24) is 0 Å². The first-order valence-corrected chi connectivity index (χ1v) is 13.9. The molecule has 0 saturated carbocycles. The Hall–Kier alpha value is -3.07. The Morgan fingerprint density at radius 1 is 0.972 bits per heavy atom. The minimum atomic E-state index is -4.10. The van der Waals surface area contributed by atoms with E-state index in [0.717, 1.165) is 29.1 Å². The van der Waals surface area contributed by atoms with E-state index in [4.69, 9.17) is 9.47 Å². The number of benzene rings is 2. The largest absolute Gasteiger partial charge is 0.493 e. The molecule has 0 aliphatic carbocycles. The number of nitrogens with zero attached hydrogens (tertiary/aromatic N) is 2. The third-order valence-corrected chi connectivity index (χ3v) is 7.56. The maximum absolute atomic E-state index is 13.7. The third-order valence-electron chi connectivity index (χ3n) is 5.76.